The Morgan fingerprint density at radius 2 is 1.84 bits per heavy atom. The maximum atomic E-state index is 12.7. The van der Waals surface area contributed by atoms with Gasteiger partial charge in [0.05, 0.1) is 0 Å². The number of nitrogens with two attached hydrogens (primary N) is 1. The lowest BCUT2D eigenvalue weighted by atomic mass is 10.0. The Kier molecular flexibility index (Phi) is 8.07. The van der Waals surface area contributed by atoms with Crippen LogP contribution in [0.2, 0.25) is 0 Å². The fourth-order valence-electron chi connectivity index (χ4n) is 3.19. The summed E-state index contributed by atoms with van der Waals surface area (Å²) in [6, 6.07) is 17.8. The van der Waals surface area contributed by atoms with E-state index in [1.807, 2.05) is 30.1 Å². The number of carbonyl (C=O) groups excluding carboxylic acids is 1. The van der Waals surface area contributed by atoms with Crippen LogP contribution >= 0.6 is 24.8 Å². The number of hydrogen-bond acceptors (Lipinski definition) is 3. The number of nitrogen functional groups attached to an aromatic ring is 1. The lowest BCUT2D eigenvalue weighted by Gasteiger charge is -2.39. The summed E-state index contributed by atoms with van der Waals surface area (Å²) < 4.78 is 0. The Morgan fingerprint density at radius 1 is 1.12 bits per heavy atom. The fourth-order valence-corrected chi connectivity index (χ4v) is 3.19. The molecule has 1 heterocycles. The molecule has 0 bridgehead atoms. The maximum absolute atomic E-state index is 12.7. The van der Waals surface area contributed by atoms with Crippen molar-refractivity contribution >= 4 is 42.1 Å². The van der Waals surface area contributed by atoms with Crippen molar-refractivity contribution in [2.75, 3.05) is 30.8 Å². The summed E-state index contributed by atoms with van der Waals surface area (Å²) >= 11 is 0. The van der Waals surface area contributed by atoms with E-state index in [-0.39, 0.29) is 36.8 Å². The van der Waals surface area contributed by atoms with Gasteiger partial charge >= 0.3 is 0 Å². The van der Waals surface area contributed by atoms with Crippen molar-refractivity contribution in [3.63, 3.8) is 0 Å². The first kappa shape index (κ1) is 21.1. The van der Waals surface area contributed by atoms with E-state index in [4.69, 9.17) is 5.73 Å². The van der Waals surface area contributed by atoms with Gasteiger partial charge in [-0.15, -0.1) is 24.8 Å². The van der Waals surface area contributed by atoms with Gasteiger partial charge in [0.25, 0.3) is 5.91 Å². The molecule has 1 aliphatic heterocycles. The summed E-state index contributed by atoms with van der Waals surface area (Å²) in [5.41, 5.74) is 8.30. The summed E-state index contributed by atoms with van der Waals surface area (Å²) in [6.07, 6.45) is 2.13. The van der Waals surface area contributed by atoms with Crippen LogP contribution in [0.5, 0.6) is 0 Å². The molecule has 2 N–H and O–H groups in total. The number of para-hydroxylation sites is 1. The molecule has 2 aromatic rings. The van der Waals surface area contributed by atoms with Gasteiger partial charge < -0.3 is 15.5 Å². The molecule has 1 fully saturated rings. The molecule has 0 aromatic heterocycles. The largest absolute Gasteiger partial charge is 0.399 e. The summed E-state index contributed by atoms with van der Waals surface area (Å²) in [6.45, 7) is 1.91. The van der Waals surface area contributed by atoms with Crippen LogP contribution in [-0.4, -0.2) is 37.0 Å². The second-order valence-electron chi connectivity index (χ2n) is 6.12. The molecule has 1 aliphatic rings. The van der Waals surface area contributed by atoms with E-state index in [9.17, 15) is 4.79 Å². The van der Waals surface area contributed by atoms with E-state index >= 15 is 0 Å². The first-order valence-corrected chi connectivity index (χ1v) is 8.08. The van der Waals surface area contributed by atoms with E-state index in [1.165, 1.54) is 5.69 Å². The summed E-state index contributed by atoms with van der Waals surface area (Å²) in [5, 5.41) is 0. The van der Waals surface area contributed by atoms with Crippen LogP contribution in [0.4, 0.5) is 11.4 Å². The van der Waals surface area contributed by atoms with Crippen LogP contribution in [0.15, 0.2) is 54.6 Å². The third-order valence-corrected chi connectivity index (χ3v) is 4.52. The van der Waals surface area contributed by atoms with E-state index in [1.54, 1.807) is 12.1 Å². The maximum Gasteiger partial charge on any atom is 0.253 e. The summed E-state index contributed by atoms with van der Waals surface area (Å²) in [4.78, 5) is 16.9. The van der Waals surface area contributed by atoms with Crippen molar-refractivity contribution in [2.24, 2.45) is 0 Å². The molecule has 4 nitrogen and oxygen atoms in total. The zero-order chi connectivity index (χ0) is 16.2. The van der Waals surface area contributed by atoms with Gasteiger partial charge in [0.1, 0.15) is 0 Å². The molecule has 1 unspecified atom stereocenters. The minimum atomic E-state index is 0. The van der Waals surface area contributed by atoms with Gasteiger partial charge in [-0.3, -0.25) is 4.79 Å². The van der Waals surface area contributed by atoms with Gasteiger partial charge in [-0.25, -0.2) is 0 Å². The quantitative estimate of drug-likeness (QED) is 0.821. The SMILES string of the molecule is CN(C(=O)c1cccc(N)c1)C1CCCN(c2ccccc2)C1.Cl.Cl. The number of halogens is 2. The first-order chi connectivity index (χ1) is 11.1. The number of carbonyl (C=O) groups is 1. The lowest BCUT2D eigenvalue weighted by molar-refractivity contribution is 0.0717. The highest BCUT2D eigenvalue weighted by atomic mass is 35.5. The van der Waals surface area contributed by atoms with E-state index < -0.39 is 0 Å². The standard InChI is InChI=1S/C19H23N3O.2ClH/c1-21(19(23)15-7-5-8-16(20)13-15)18-11-6-12-22(14-18)17-9-3-2-4-10-17;;/h2-5,7-10,13,18H,6,11-12,14,20H2,1H3;2*1H. The monoisotopic (exact) mass is 381 g/mol. The second-order valence-corrected chi connectivity index (χ2v) is 6.12. The number of hydrogen-bond donors (Lipinski definition) is 1. The predicted molar refractivity (Wildman–Crippen MR) is 109 cm³/mol. The lowest BCUT2D eigenvalue weighted by Crippen LogP contribution is -2.48. The van der Waals surface area contributed by atoms with Gasteiger partial charge in [0.2, 0.25) is 0 Å². The van der Waals surface area contributed by atoms with Gasteiger partial charge in [-0.2, -0.15) is 0 Å². The Bertz CT molecular complexity index is 681. The third-order valence-electron chi connectivity index (χ3n) is 4.52. The van der Waals surface area contributed by atoms with Gasteiger partial charge in [0.15, 0.2) is 0 Å². The Balaban J connectivity index is 0.00000156. The van der Waals surface area contributed by atoms with Gasteiger partial charge in [-0.05, 0) is 43.2 Å². The predicted octanol–water partition coefficient (Wildman–Crippen LogP) is 3.85. The molecule has 136 valence electrons. The molecule has 0 spiro atoms. The number of anilines is 2. The molecular formula is C19H25Cl2N3O. The molecule has 1 amide bonds. The van der Waals surface area contributed by atoms with Crippen LogP contribution in [0.1, 0.15) is 23.2 Å². The van der Waals surface area contributed by atoms with Crippen LogP contribution < -0.4 is 10.6 Å². The van der Waals surface area contributed by atoms with Gasteiger partial charge in [-0.1, -0.05) is 24.3 Å². The topological polar surface area (TPSA) is 49.6 Å². The number of rotatable bonds is 3. The minimum absolute atomic E-state index is 0. The molecule has 0 aliphatic carbocycles. The van der Waals surface area contributed by atoms with Crippen LogP contribution in [-0.2, 0) is 0 Å². The second kappa shape index (κ2) is 9.54. The van der Waals surface area contributed by atoms with Crippen molar-refractivity contribution in [3.05, 3.63) is 60.2 Å². The number of nitrogens with zero attached hydrogens (tertiary/aromatic N) is 2. The third kappa shape index (κ3) is 5.03. The first-order valence-electron chi connectivity index (χ1n) is 8.08. The van der Waals surface area contributed by atoms with Crippen LogP contribution in [0.25, 0.3) is 0 Å². The van der Waals surface area contributed by atoms with E-state index in [0.717, 1.165) is 25.9 Å². The molecule has 1 atom stereocenters. The highest BCUT2D eigenvalue weighted by Gasteiger charge is 2.26. The van der Waals surface area contributed by atoms with Crippen molar-refractivity contribution in [3.8, 4) is 0 Å². The summed E-state index contributed by atoms with van der Waals surface area (Å²) in [7, 11) is 1.89. The van der Waals surface area contributed by atoms with Crippen molar-refractivity contribution < 1.29 is 4.79 Å². The van der Waals surface area contributed by atoms with Crippen molar-refractivity contribution in [1.29, 1.82) is 0 Å². The molecular weight excluding hydrogens is 357 g/mol. The zero-order valence-corrected chi connectivity index (χ0v) is 15.9. The van der Waals surface area contributed by atoms with Gasteiger partial charge in [0, 0.05) is 43.1 Å². The molecule has 3 rings (SSSR count). The van der Waals surface area contributed by atoms with Crippen LogP contribution in [0, 0.1) is 0 Å². The minimum Gasteiger partial charge on any atom is -0.399 e. The Hall–Kier alpha value is -1.91. The van der Waals surface area contributed by atoms with Crippen molar-refractivity contribution in [2.45, 2.75) is 18.9 Å². The number of likely N-dealkylation sites (N-methyl/N-ethyl adjacent to an activating group) is 1. The van der Waals surface area contributed by atoms with E-state index in [0.29, 0.717) is 11.3 Å². The Morgan fingerprint density at radius 3 is 2.52 bits per heavy atom. The highest BCUT2D eigenvalue weighted by molar-refractivity contribution is 5.95. The highest BCUT2D eigenvalue weighted by Crippen LogP contribution is 2.23. The number of benzene rings is 2. The molecule has 0 radical (unpaired) electrons. The molecule has 6 heteroatoms. The molecule has 2 aromatic carbocycles. The molecule has 25 heavy (non-hydrogen) atoms. The normalized spacial score (nSPS) is 16.4. The average Bonchev–Trinajstić information content (AvgIpc) is 2.61. The Labute approximate surface area is 161 Å². The fraction of sp³-hybridized carbons (Fsp3) is 0.316. The number of amides is 1. The zero-order valence-electron chi connectivity index (χ0n) is 14.3. The molecule has 0 saturated carbocycles. The smallest absolute Gasteiger partial charge is 0.253 e. The molecule has 1 saturated heterocycles. The summed E-state index contributed by atoms with van der Waals surface area (Å²) in [5.74, 6) is 0.0391. The average molecular weight is 382 g/mol. The number of piperidine rings is 1. The van der Waals surface area contributed by atoms with Crippen molar-refractivity contribution in [1.82, 2.24) is 4.90 Å². The van der Waals surface area contributed by atoms with Crippen LogP contribution in [0.3, 0.4) is 0 Å². The van der Waals surface area contributed by atoms with E-state index in [2.05, 4.69) is 29.2 Å².